The molecule has 0 radical (unpaired) electrons. The molecule has 0 amide bonds. The van der Waals surface area contributed by atoms with Crippen LogP contribution in [0.1, 0.15) is 18.0 Å². The van der Waals surface area contributed by atoms with Gasteiger partial charge < -0.3 is 20.5 Å². The fourth-order valence-corrected chi connectivity index (χ4v) is 3.59. The predicted molar refractivity (Wildman–Crippen MR) is 123 cm³/mol. The Morgan fingerprint density at radius 3 is 2.34 bits per heavy atom. The molecule has 9 heteroatoms. The van der Waals surface area contributed by atoms with Gasteiger partial charge in [0.25, 0.3) is 0 Å². The minimum Gasteiger partial charge on any atom is -0.379 e. The molecule has 164 valence electrons. The summed E-state index contributed by atoms with van der Waals surface area (Å²) in [4.78, 5) is 9.29. The standard InChI is InChI=1S/C20H32FN5O2.HI/c21-18-4-2-17(3-5-18)19(26-10-14-28-15-11-26)16-24-20(22)23-6-1-7-25-8-12-27-13-9-25;/h2-5,19H,1,6-16H2,(H3,22,23,24);1H. The van der Waals surface area contributed by atoms with E-state index in [0.29, 0.717) is 25.7 Å². The molecular formula is C20H33FIN5O2. The van der Waals surface area contributed by atoms with Crippen molar-refractivity contribution in [1.29, 1.82) is 0 Å². The molecule has 7 nitrogen and oxygen atoms in total. The van der Waals surface area contributed by atoms with Crippen molar-refractivity contribution in [2.45, 2.75) is 12.5 Å². The molecule has 3 rings (SSSR count). The lowest BCUT2D eigenvalue weighted by atomic mass is 10.0. The van der Waals surface area contributed by atoms with E-state index in [-0.39, 0.29) is 35.8 Å². The van der Waals surface area contributed by atoms with Crippen molar-refractivity contribution in [3.63, 3.8) is 0 Å². The smallest absolute Gasteiger partial charge is 0.188 e. The molecule has 0 spiro atoms. The Morgan fingerprint density at radius 1 is 1.07 bits per heavy atom. The number of hydrogen-bond donors (Lipinski definition) is 2. The molecule has 1 unspecified atom stereocenters. The zero-order valence-electron chi connectivity index (χ0n) is 16.9. The van der Waals surface area contributed by atoms with Crippen LogP contribution in [-0.4, -0.2) is 88.0 Å². The number of halogens is 2. The molecule has 1 atom stereocenters. The molecule has 3 N–H and O–H groups in total. The van der Waals surface area contributed by atoms with Crippen LogP contribution in [0.3, 0.4) is 0 Å². The van der Waals surface area contributed by atoms with Crippen LogP contribution in [0.5, 0.6) is 0 Å². The van der Waals surface area contributed by atoms with Gasteiger partial charge >= 0.3 is 0 Å². The molecule has 29 heavy (non-hydrogen) atoms. The molecule has 1 aromatic rings. The third kappa shape index (κ3) is 8.33. The van der Waals surface area contributed by atoms with E-state index in [1.165, 1.54) is 12.1 Å². The first kappa shape index (κ1) is 24.3. The van der Waals surface area contributed by atoms with Crippen LogP contribution in [0.4, 0.5) is 4.39 Å². The number of aliphatic imine (C=N–C) groups is 1. The summed E-state index contributed by atoms with van der Waals surface area (Å²) in [5, 5.41) is 3.21. The van der Waals surface area contributed by atoms with Gasteiger partial charge in [-0.25, -0.2) is 4.39 Å². The molecule has 2 aliphatic rings. The summed E-state index contributed by atoms with van der Waals surface area (Å²) in [5.41, 5.74) is 7.12. The van der Waals surface area contributed by atoms with Crippen LogP contribution in [0.15, 0.2) is 29.3 Å². The summed E-state index contributed by atoms with van der Waals surface area (Å²) in [6.45, 7) is 9.11. The van der Waals surface area contributed by atoms with Crippen LogP contribution in [0.25, 0.3) is 0 Å². The number of ether oxygens (including phenoxy) is 2. The highest BCUT2D eigenvalue weighted by Crippen LogP contribution is 2.22. The highest BCUT2D eigenvalue weighted by molar-refractivity contribution is 14.0. The lowest BCUT2D eigenvalue weighted by molar-refractivity contribution is 0.0179. The number of nitrogens with zero attached hydrogens (tertiary/aromatic N) is 3. The van der Waals surface area contributed by atoms with Crippen molar-refractivity contribution in [1.82, 2.24) is 15.1 Å². The molecular weight excluding hydrogens is 488 g/mol. The Hall–Kier alpha value is -1.01. The highest BCUT2D eigenvalue weighted by Gasteiger charge is 2.22. The largest absolute Gasteiger partial charge is 0.379 e. The van der Waals surface area contributed by atoms with Crippen LogP contribution in [0, 0.1) is 5.82 Å². The molecule has 1 aromatic carbocycles. The number of guanidine groups is 1. The monoisotopic (exact) mass is 521 g/mol. The Morgan fingerprint density at radius 2 is 1.69 bits per heavy atom. The Balaban J connectivity index is 0.00000300. The van der Waals surface area contributed by atoms with Gasteiger partial charge in [0.15, 0.2) is 5.96 Å². The second-order valence-corrected chi connectivity index (χ2v) is 7.18. The first-order valence-electron chi connectivity index (χ1n) is 10.1. The van der Waals surface area contributed by atoms with Crippen molar-refractivity contribution in [3.05, 3.63) is 35.6 Å². The van der Waals surface area contributed by atoms with Gasteiger partial charge in [0, 0.05) is 32.7 Å². The highest BCUT2D eigenvalue weighted by atomic mass is 127. The summed E-state index contributed by atoms with van der Waals surface area (Å²) >= 11 is 0. The molecule has 0 aliphatic carbocycles. The Kier molecular flexibility index (Phi) is 11.1. The summed E-state index contributed by atoms with van der Waals surface area (Å²) in [6.07, 6.45) is 1.01. The first-order valence-corrected chi connectivity index (χ1v) is 10.1. The Bertz CT molecular complexity index is 607. The third-order valence-electron chi connectivity index (χ3n) is 5.24. The fourth-order valence-electron chi connectivity index (χ4n) is 3.59. The molecule has 2 saturated heterocycles. The lowest BCUT2D eigenvalue weighted by Gasteiger charge is -2.34. The summed E-state index contributed by atoms with van der Waals surface area (Å²) in [5.74, 6) is 0.233. The van der Waals surface area contributed by atoms with Crippen LogP contribution in [-0.2, 0) is 9.47 Å². The normalized spacial score (nSPS) is 20.1. The Labute approximate surface area is 189 Å². The summed E-state index contributed by atoms with van der Waals surface area (Å²) < 4.78 is 24.1. The van der Waals surface area contributed by atoms with Gasteiger partial charge in [-0.2, -0.15) is 0 Å². The van der Waals surface area contributed by atoms with Gasteiger partial charge in [-0.15, -0.1) is 24.0 Å². The number of morpholine rings is 2. The lowest BCUT2D eigenvalue weighted by Crippen LogP contribution is -2.41. The van der Waals surface area contributed by atoms with Crippen molar-refractivity contribution in [3.8, 4) is 0 Å². The molecule has 0 aromatic heterocycles. The van der Waals surface area contributed by atoms with E-state index in [2.05, 4.69) is 20.1 Å². The van der Waals surface area contributed by atoms with E-state index in [9.17, 15) is 4.39 Å². The number of nitrogens with one attached hydrogen (secondary N) is 1. The van der Waals surface area contributed by atoms with E-state index in [4.69, 9.17) is 15.2 Å². The number of nitrogens with two attached hydrogens (primary N) is 1. The van der Waals surface area contributed by atoms with Gasteiger partial charge in [-0.1, -0.05) is 12.1 Å². The van der Waals surface area contributed by atoms with Crippen LogP contribution < -0.4 is 11.1 Å². The maximum Gasteiger partial charge on any atom is 0.188 e. The quantitative estimate of drug-likeness (QED) is 0.234. The second-order valence-electron chi connectivity index (χ2n) is 7.18. The van der Waals surface area contributed by atoms with Crippen molar-refractivity contribution in [2.75, 3.05) is 72.2 Å². The number of rotatable bonds is 8. The molecule has 0 bridgehead atoms. The van der Waals surface area contributed by atoms with Gasteiger partial charge in [-0.3, -0.25) is 14.8 Å². The predicted octanol–water partition coefficient (Wildman–Crippen LogP) is 1.44. The van der Waals surface area contributed by atoms with Crippen LogP contribution >= 0.6 is 24.0 Å². The fraction of sp³-hybridized carbons (Fsp3) is 0.650. The van der Waals surface area contributed by atoms with Gasteiger partial charge in [0.1, 0.15) is 5.82 Å². The van der Waals surface area contributed by atoms with E-state index in [1.807, 2.05) is 12.1 Å². The molecule has 2 fully saturated rings. The SMILES string of the molecule is I.NC(=NCC(c1ccc(F)cc1)N1CCOCC1)NCCCN1CCOCC1. The van der Waals surface area contributed by atoms with Gasteiger partial charge in [0.2, 0.25) is 0 Å². The zero-order chi connectivity index (χ0) is 19.6. The average molecular weight is 521 g/mol. The van der Waals surface area contributed by atoms with E-state index in [1.54, 1.807) is 0 Å². The second kappa shape index (κ2) is 13.3. The molecule has 0 saturated carbocycles. The van der Waals surface area contributed by atoms with Gasteiger partial charge in [-0.05, 0) is 30.7 Å². The van der Waals surface area contributed by atoms with Crippen molar-refractivity contribution in [2.24, 2.45) is 10.7 Å². The number of hydrogen-bond acceptors (Lipinski definition) is 5. The first-order chi connectivity index (χ1) is 13.7. The van der Waals surface area contributed by atoms with Crippen molar-refractivity contribution >= 4 is 29.9 Å². The molecule has 2 aliphatic heterocycles. The maximum absolute atomic E-state index is 13.3. The summed E-state index contributed by atoms with van der Waals surface area (Å²) in [7, 11) is 0. The van der Waals surface area contributed by atoms with Gasteiger partial charge in [0.05, 0.1) is 39.0 Å². The van der Waals surface area contributed by atoms with Crippen LogP contribution in [0.2, 0.25) is 0 Å². The minimum atomic E-state index is -0.227. The minimum absolute atomic E-state index is 0. The van der Waals surface area contributed by atoms with Crippen molar-refractivity contribution < 1.29 is 13.9 Å². The average Bonchev–Trinajstić information content (AvgIpc) is 2.74. The third-order valence-corrected chi connectivity index (χ3v) is 5.24. The number of benzene rings is 1. The van der Waals surface area contributed by atoms with E-state index < -0.39 is 0 Å². The topological polar surface area (TPSA) is 75.3 Å². The zero-order valence-corrected chi connectivity index (χ0v) is 19.2. The maximum atomic E-state index is 13.3. The van der Waals surface area contributed by atoms with E-state index >= 15 is 0 Å². The molecule has 2 heterocycles. The summed E-state index contributed by atoms with van der Waals surface area (Å²) in [6, 6.07) is 6.73. The van der Waals surface area contributed by atoms with E-state index in [0.717, 1.165) is 64.5 Å².